The summed E-state index contributed by atoms with van der Waals surface area (Å²) in [6.45, 7) is 6.19. The van der Waals surface area contributed by atoms with Crippen molar-refractivity contribution in [3.05, 3.63) is 11.1 Å². The maximum atomic E-state index is 11.6. The van der Waals surface area contributed by atoms with Crippen LogP contribution in [0.15, 0.2) is 11.1 Å². The lowest BCUT2D eigenvalue weighted by Gasteiger charge is -2.21. The van der Waals surface area contributed by atoms with E-state index >= 15 is 0 Å². The van der Waals surface area contributed by atoms with Gasteiger partial charge in [-0.05, 0) is 31.8 Å². The second kappa shape index (κ2) is 3.88. The summed E-state index contributed by atoms with van der Waals surface area (Å²) < 4.78 is 0. The van der Waals surface area contributed by atoms with Crippen molar-refractivity contribution in [2.45, 2.75) is 46.5 Å². The zero-order valence-corrected chi connectivity index (χ0v) is 8.31. The van der Waals surface area contributed by atoms with Crippen molar-refractivity contribution in [1.29, 1.82) is 0 Å². The number of hydrogen-bond acceptors (Lipinski definition) is 1. The third-order valence-corrected chi connectivity index (χ3v) is 2.78. The second-order valence-electron chi connectivity index (χ2n) is 3.78. The Bertz CT molecular complexity index is 213. The van der Waals surface area contributed by atoms with Gasteiger partial charge in [-0.15, -0.1) is 0 Å². The predicted molar refractivity (Wildman–Crippen MR) is 51.0 cm³/mol. The van der Waals surface area contributed by atoms with Crippen molar-refractivity contribution in [1.82, 2.24) is 0 Å². The highest BCUT2D eigenvalue weighted by atomic mass is 16.1. The number of ketones is 1. The summed E-state index contributed by atoms with van der Waals surface area (Å²) in [5.74, 6) is 0.648. The molecule has 12 heavy (non-hydrogen) atoms. The van der Waals surface area contributed by atoms with E-state index < -0.39 is 0 Å². The highest BCUT2D eigenvalue weighted by Crippen LogP contribution is 2.28. The van der Waals surface area contributed by atoms with E-state index in [1.807, 2.05) is 13.8 Å². The van der Waals surface area contributed by atoms with Crippen LogP contribution in [0.25, 0.3) is 0 Å². The molecule has 0 saturated carbocycles. The Balaban J connectivity index is 2.78. The Labute approximate surface area is 74.9 Å². The van der Waals surface area contributed by atoms with Crippen molar-refractivity contribution in [2.24, 2.45) is 5.92 Å². The molecule has 0 aromatic heterocycles. The number of carbonyl (C=O) groups excluding carboxylic acids is 1. The molecular formula is C11H18O. The molecular weight excluding hydrogens is 148 g/mol. The third kappa shape index (κ3) is 1.77. The first-order valence-corrected chi connectivity index (χ1v) is 4.89. The van der Waals surface area contributed by atoms with Gasteiger partial charge in [-0.1, -0.05) is 25.8 Å². The van der Waals surface area contributed by atoms with Crippen LogP contribution in [-0.4, -0.2) is 5.78 Å². The van der Waals surface area contributed by atoms with Crippen LogP contribution in [0, 0.1) is 5.92 Å². The molecule has 1 heteroatoms. The zero-order chi connectivity index (χ0) is 9.14. The molecule has 0 heterocycles. The minimum absolute atomic E-state index is 0.269. The van der Waals surface area contributed by atoms with Crippen LogP contribution >= 0.6 is 0 Å². The summed E-state index contributed by atoms with van der Waals surface area (Å²) in [5, 5.41) is 0. The Morgan fingerprint density at radius 1 is 1.50 bits per heavy atom. The summed E-state index contributed by atoms with van der Waals surface area (Å²) in [4.78, 5) is 11.6. The lowest BCUT2D eigenvalue weighted by Crippen LogP contribution is -2.18. The van der Waals surface area contributed by atoms with Gasteiger partial charge in [0.2, 0.25) is 0 Å². The normalized spacial score (nSPS) is 24.9. The summed E-state index contributed by atoms with van der Waals surface area (Å²) in [6.07, 6.45) is 4.48. The molecule has 0 amide bonds. The van der Waals surface area contributed by atoms with Crippen LogP contribution in [0.4, 0.5) is 0 Å². The van der Waals surface area contributed by atoms with Gasteiger partial charge in [0, 0.05) is 5.92 Å². The Hall–Kier alpha value is -0.590. The van der Waals surface area contributed by atoms with Gasteiger partial charge in [-0.2, -0.15) is 0 Å². The molecule has 68 valence electrons. The van der Waals surface area contributed by atoms with E-state index in [2.05, 4.69) is 6.92 Å². The van der Waals surface area contributed by atoms with Crippen LogP contribution in [0.1, 0.15) is 46.5 Å². The minimum atomic E-state index is 0.269. The van der Waals surface area contributed by atoms with Crippen LogP contribution in [0.3, 0.4) is 0 Å². The van der Waals surface area contributed by atoms with E-state index in [0.29, 0.717) is 5.78 Å². The Kier molecular flexibility index (Phi) is 3.07. The smallest absolute Gasteiger partial charge is 0.161 e. The van der Waals surface area contributed by atoms with Crippen LogP contribution < -0.4 is 0 Å². The van der Waals surface area contributed by atoms with Gasteiger partial charge in [0.25, 0.3) is 0 Å². The molecule has 1 aliphatic rings. The van der Waals surface area contributed by atoms with Gasteiger partial charge in [0.1, 0.15) is 0 Å². The summed E-state index contributed by atoms with van der Waals surface area (Å²) in [7, 11) is 0. The summed E-state index contributed by atoms with van der Waals surface area (Å²) >= 11 is 0. The van der Waals surface area contributed by atoms with Crippen molar-refractivity contribution in [2.75, 3.05) is 0 Å². The minimum Gasteiger partial charge on any atom is -0.294 e. The van der Waals surface area contributed by atoms with E-state index in [4.69, 9.17) is 0 Å². The van der Waals surface area contributed by atoms with Crippen molar-refractivity contribution < 1.29 is 4.79 Å². The molecule has 1 aliphatic carbocycles. The van der Waals surface area contributed by atoms with E-state index in [1.54, 1.807) is 0 Å². The maximum Gasteiger partial charge on any atom is 0.161 e. The third-order valence-electron chi connectivity index (χ3n) is 2.78. The molecule has 0 aromatic rings. The molecule has 1 nitrogen and oxygen atoms in total. The van der Waals surface area contributed by atoms with Crippen LogP contribution in [0.5, 0.6) is 0 Å². The average molecular weight is 166 g/mol. The number of allylic oxidation sites excluding steroid dienone is 2. The number of carbonyl (C=O) groups is 1. The standard InChI is InChI=1S/C11H18O/c1-4-5-10-7-6-8(2)11(12)9(10)3/h8H,4-7H2,1-3H3. The van der Waals surface area contributed by atoms with E-state index in [0.717, 1.165) is 31.3 Å². The first-order chi connectivity index (χ1) is 5.66. The maximum absolute atomic E-state index is 11.6. The van der Waals surface area contributed by atoms with Gasteiger partial charge in [-0.3, -0.25) is 4.79 Å². The molecule has 0 saturated heterocycles. The van der Waals surface area contributed by atoms with Gasteiger partial charge in [-0.25, -0.2) is 0 Å². The molecule has 1 atom stereocenters. The average Bonchev–Trinajstić information content (AvgIpc) is 2.07. The number of Topliss-reactive ketones (excluding diaryl/α,β-unsaturated/α-hetero) is 1. The first kappa shape index (κ1) is 9.50. The monoisotopic (exact) mass is 166 g/mol. The van der Waals surface area contributed by atoms with E-state index in [9.17, 15) is 4.79 Å². The number of hydrogen-bond donors (Lipinski definition) is 0. The predicted octanol–water partition coefficient (Wildman–Crippen LogP) is 3.10. The SMILES string of the molecule is CCCC1=C(C)C(=O)C(C)CC1. The largest absolute Gasteiger partial charge is 0.294 e. The molecule has 1 rings (SSSR count). The van der Waals surface area contributed by atoms with E-state index in [1.165, 1.54) is 5.57 Å². The highest BCUT2D eigenvalue weighted by Gasteiger charge is 2.22. The first-order valence-electron chi connectivity index (χ1n) is 4.89. The van der Waals surface area contributed by atoms with Gasteiger partial charge < -0.3 is 0 Å². The number of rotatable bonds is 2. The molecule has 0 spiro atoms. The molecule has 0 N–H and O–H groups in total. The van der Waals surface area contributed by atoms with Gasteiger partial charge >= 0.3 is 0 Å². The molecule has 0 aromatic carbocycles. The van der Waals surface area contributed by atoms with Crippen LogP contribution in [0.2, 0.25) is 0 Å². The zero-order valence-electron chi connectivity index (χ0n) is 8.31. The van der Waals surface area contributed by atoms with Crippen LogP contribution in [-0.2, 0) is 4.79 Å². The quantitative estimate of drug-likeness (QED) is 0.616. The van der Waals surface area contributed by atoms with Crippen molar-refractivity contribution in [3.63, 3.8) is 0 Å². The summed E-state index contributed by atoms with van der Waals surface area (Å²) in [5.41, 5.74) is 2.45. The van der Waals surface area contributed by atoms with Crippen molar-refractivity contribution >= 4 is 5.78 Å². The lowest BCUT2D eigenvalue weighted by molar-refractivity contribution is -0.119. The molecule has 0 bridgehead atoms. The van der Waals surface area contributed by atoms with Crippen molar-refractivity contribution in [3.8, 4) is 0 Å². The van der Waals surface area contributed by atoms with Gasteiger partial charge in [0.05, 0.1) is 0 Å². The molecule has 0 fully saturated rings. The molecule has 0 aliphatic heterocycles. The molecule has 0 radical (unpaired) electrons. The van der Waals surface area contributed by atoms with E-state index in [-0.39, 0.29) is 5.92 Å². The molecule has 1 unspecified atom stereocenters. The fourth-order valence-corrected chi connectivity index (χ4v) is 1.87. The topological polar surface area (TPSA) is 17.1 Å². The summed E-state index contributed by atoms with van der Waals surface area (Å²) in [6, 6.07) is 0. The Morgan fingerprint density at radius 3 is 2.75 bits per heavy atom. The second-order valence-corrected chi connectivity index (χ2v) is 3.78. The fraction of sp³-hybridized carbons (Fsp3) is 0.727. The highest BCUT2D eigenvalue weighted by molar-refractivity contribution is 5.97. The lowest BCUT2D eigenvalue weighted by atomic mass is 9.83. The van der Waals surface area contributed by atoms with Gasteiger partial charge in [0.15, 0.2) is 5.78 Å². The fourth-order valence-electron chi connectivity index (χ4n) is 1.87. The Morgan fingerprint density at radius 2 is 2.17 bits per heavy atom.